The van der Waals surface area contributed by atoms with Gasteiger partial charge in [-0.05, 0) is 44.5 Å². The van der Waals surface area contributed by atoms with E-state index >= 15 is 0 Å². The summed E-state index contributed by atoms with van der Waals surface area (Å²) in [4.78, 5) is 0.169. The molecule has 0 aromatic heterocycles. The molecule has 0 bridgehead atoms. The molecule has 98 valence electrons. The van der Waals surface area contributed by atoms with Crippen molar-refractivity contribution in [3.8, 4) is 6.07 Å². The minimum Gasteiger partial charge on any atom is -0.329 e. The molecule has 18 heavy (non-hydrogen) atoms. The molecule has 0 aliphatic carbocycles. The molecule has 0 aliphatic rings. The van der Waals surface area contributed by atoms with Crippen molar-refractivity contribution < 1.29 is 8.42 Å². The third kappa shape index (κ3) is 3.29. The molecule has 1 aromatic carbocycles. The molecule has 0 saturated heterocycles. The number of hydrogen-bond donors (Lipinski definition) is 2. The van der Waals surface area contributed by atoms with Gasteiger partial charge < -0.3 is 5.73 Å². The zero-order chi connectivity index (χ0) is 14.0. The Labute approximate surface area is 108 Å². The number of hydrogen-bond acceptors (Lipinski definition) is 4. The van der Waals surface area contributed by atoms with Crippen molar-refractivity contribution in [1.29, 1.82) is 5.26 Å². The van der Waals surface area contributed by atoms with Gasteiger partial charge in [0.15, 0.2) is 0 Å². The van der Waals surface area contributed by atoms with Crippen molar-refractivity contribution in [2.24, 2.45) is 5.73 Å². The van der Waals surface area contributed by atoms with Crippen molar-refractivity contribution in [2.45, 2.75) is 31.2 Å². The van der Waals surface area contributed by atoms with Crippen LogP contribution in [0, 0.1) is 18.3 Å². The van der Waals surface area contributed by atoms with Gasteiger partial charge in [0.25, 0.3) is 0 Å². The van der Waals surface area contributed by atoms with Crippen LogP contribution in [0.1, 0.15) is 25.0 Å². The van der Waals surface area contributed by atoms with Gasteiger partial charge in [-0.15, -0.1) is 0 Å². The first kappa shape index (κ1) is 14.6. The topological polar surface area (TPSA) is 96.0 Å². The van der Waals surface area contributed by atoms with Crippen molar-refractivity contribution in [3.05, 3.63) is 29.3 Å². The zero-order valence-corrected chi connectivity index (χ0v) is 11.5. The summed E-state index contributed by atoms with van der Waals surface area (Å²) in [5.41, 5.74) is 5.77. The van der Waals surface area contributed by atoms with Gasteiger partial charge >= 0.3 is 0 Å². The van der Waals surface area contributed by atoms with E-state index in [0.717, 1.165) is 0 Å². The third-order valence-corrected chi connectivity index (χ3v) is 4.37. The highest BCUT2D eigenvalue weighted by molar-refractivity contribution is 7.89. The van der Waals surface area contributed by atoms with Gasteiger partial charge in [-0.1, -0.05) is 0 Å². The maximum Gasteiger partial charge on any atom is 0.241 e. The normalized spacial score (nSPS) is 12.2. The molecule has 0 unspecified atom stereocenters. The van der Waals surface area contributed by atoms with Crippen LogP contribution in [-0.4, -0.2) is 20.5 Å². The molecule has 0 radical (unpaired) electrons. The van der Waals surface area contributed by atoms with Crippen LogP contribution in [0.5, 0.6) is 0 Å². The van der Waals surface area contributed by atoms with Gasteiger partial charge in [-0.2, -0.15) is 5.26 Å². The van der Waals surface area contributed by atoms with Gasteiger partial charge in [0.2, 0.25) is 10.0 Å². The maximum atomic E-state index is 12.2. The van der Waals surface area contributed by atoms with E-state index in [0.29, 0.717) is 11.1 Å². The third-order valence-electron chi connectivity index (χ3n) is 2.51. The molecular weight excluding hydrogens is 250 g/mol. The highest BCUT2D eigenvalue weighted by atomic mass is 32.2. The standard InChI is InChI=1S/C12H17N3O2S/c1-9-6-10(7-13)4-5-11(9)18(16,17)15-12(2,3)8-14/h4-6,15H,8,14H2,1-3H3. The number of nitriles is 1. The van der Waals surface area contributed by atoms with Crippen molar-refractivity contribution in [3.63, 3.8) is 0 Å². The van der Waals surface area contributed by atoms with Crippen LogP contribution >= 0.6 is 0 Å². The van der Waals surface area contributed by atoms with Crippen LogP contribution in [0.3, 0.4) is 0 Å². The van der Waals surface area contributed by atoms with Gasteiger partial charge in [-0.25, -0.2) is 13.1 Å². The lowest BCUT2D eigenvalue weighted by Crippen LogP contribution is -2.48. The fourth-order valence-corrected chi connectivity index (χ4v) is 3.13. The van der Waals surface area contributed by atoms with E-state index in [-0.39, 0.29) is 11.4 Å². The van der Waals surface area contributed by atoms with E-state index in [1.165, 1.54) is 12.1 Å². The Hall–Kier alpha value is -1.42. The fourth-order valence-electron chi connectivity index (χ4n) is 1.48. The molecule has 0 aliphatic heterocycles. The Bertz CT molecular complexity index is 586. The molecule has 0 amide bonds. The summed E-state index contributed by atoms with van der Waals surface area (Å²) in [5.74, 6) is 0. The van der Waals surface area contributed by atoms with Crippen LogP contribution < -0.4 is 10.5 Å². The molecule has 0 fully saturated rings. The first-order valence-electron chi connectivity index (χ1n) is 5.47. The lowest BCUT2D eigenvalue weighted by Gasteiger charge is -2.24. The molecular formula is C12H17N3O2S. The monoisotopic (exact) mass is 267 g/mol. The van der Waals surface area contributed by atoms with E-state index in [1.807, 2.05) is 6.07 Å². The SMILES string of the molecule is Cc1cc(C#N)ccc1S(=O)(=O)NC(C)(C)CN. The second-order valence-corrected chi connectivity index (χ2v) is 6.44. The van der Waals surface area contributed by atoms with Gasteiger partial charge in [0.1, 0.15) is 0 Å². The second kappa shape index (κ2) is 5.06. The summed E-state index contributed by atoms with van der Waals surface area (Å²) in [6.45, 7) is 5.28. The van der Waals surface area contributed by atoms with E-state index in [2.05, 4.69) is 4.72 Å². The average molecular weight is 267 g/mol. The fraction of sp³-hybridized carbons (Fsp3) is 0.417. The number of nitrogens with zero attached hydrogens (tertiary/aromatic N) is 1. The Morgan fingerprint density at radius 2 is 2.06 bits per heavy atom. The summed E-state index contributed by atoms with van der Waals surface area (Å²) in [6, 6.07) is 6.43. The summed E-state index contributed by atoms with van der Waals surface area (Å²) >= 11 is 0. The highest BCUT2D eigenvalue weighted by Gasteiger charge is 2.26. The Morgan fingerprint density at radius 1 is 1.44 bits per heavy atom. The lowest BCUT2D eigenvalue weighted by molar-refractivity contribution is 0.462. The smallest absolute Gasteiger partial charge is 0.241 e. The van der Waals surface area contributed by atoms with Crippen LogP contribution in [0.25, 0.3) is 0 Å². The molecule has 6 heteroatoms. The maximum absolute atomic E-state index is 12.2. The highest BCUT2D eigenvalue weighted by Crippen LogP contribution is 2.18. The Balaban J connectivity index is 3.19. The molecule has 0 heterocycles. The van der Waals surface area contributed by atoms with E-state index < -0.39 is 15.6 Å². The van der Waals surface area contributed by atoms with Crippen LogP contribution in [-0.2, 0) is 10.0 Å². The first-order valence-corrected chi connectivity index (χ1v) is 6.95. The second-order valence-electron chi connectivity index (χ2n) is 4.79. The molecule has 0 saturated carbocycles. The van der Waals surface area contributed by atoms with Crippen LogP contribution in [0.4, 0.5) is 0 Å². The van der Waals surface area contributed by atoms with Crippen LogP contribution in [0.2, 0.25) is 0 Å². The number of nitrogens with one attached hydrogen (secondary N) is 1. The van der Waals surface area contributed by atoms with E-state index in [1.54, 1.807) is 26.8 Å². The van der Waals surface area contributed by atoms with Crippen molar-refractivity contribution >= 4 is 10.0 Å². The predicted octanol–water partition coefficient (Wildman–Crippen LogP) is 0.882. The average Bonchev–Trinajstić information content (AvgIpc) is 2.27. The minimum absolute atomic E-state index is 0.169. The lowest BCUT2D eigenvalue weighted by atomic mass is 10.1. The van der Waals surface area contributed by atoms with E-state index in [9.17, 15) is 8.42 Å². The number of aryl methyl sites for hydroxylation is 1. The number of sulfonamides is 1. The van der Waals surface area contributed by atoms with Crippen molar-refractivity contribution in [2.75, 3.05) is 6.54 Å². The minimum atomic E-state index is -3.63. The van der Waals surface area contributed by atoms with Gasteiger partial charge in [0, 0.05) is 12.1 Å². The molecule has 0 spiro atoms. The number of benzene rings is 1. The largest absolute Gasteiger partial charge is 0.329 e. The Morgan fingerprint density at radius 3 is 2.50 bits per heavy atom. The molecule has 3 N–H and O–H groups in total. The summed E-state index contributed by atoms with van der Waals surface area (Å²) in [6.07, 6.45) is 0. The van der Waals surface area contributed by atoms with Gasteiger partial charge in [-0.3, -0.25) is 0 Å². The summed E-state index contributed by atoms with van der Waals surface area (Å²) < 4.78 is 26.9. The summed E-state index contributed by atoms with van der Waals surface area (Å²) in [5, 5.41) is 8.75. The van der Waals surface area contributed by atoms with E-state index in [4.69, 9.17) is 11.0 Å². The first-order chi connectivity index (χ1) is 8.22. The molecule has 1 aromatic rings. The molecule has 0 atom stereocenters. The van der Waals surface area contributed by atoms with Crippen LogP contribution in [0.15, 0.2) is 23.1 Å². The number of rotatable bonds is 4. The number of nitrogens with two attached hydrogens (primary N) is 1. The summed E-state index contributed by atoms with van der Waals surface area (Å²) in [7, 11) is -3.63. The van der Waals surface area contributed by atoms with Crippen molar-refractivity contribution in [1.82, 2.24) is 4.72 Å². The zero-order valence-electron chi connectivity index (χ0n) is 10.7. The Kier molecular flexibility index (Phi) is 4.12. The quantitative estimate of drug-likeness (QED) is 0.846. The molecule has 1 rings (SSSR count). The van der Waals surface area contributed by atoms with Gasteiger partial charge in [0.05, 0.1) is 16.5 Å². The molecule has 5 nitrogen and oxygen atoms in total. The predicted molar refractivity (Wildman–Crippen MR) is 69.3 cm³/mol.